The minimum Gasteiger partial charge on any atom is -0.444 e. The first-order valence-electron chi connectivity index (χ1n) is 7.68. The van der Waals surface area contributed by atoms with Gasteiger partial charge in [-0.05, 0) is 25.7 Å². The van der Waals surface area contributed by atoms with Crippen LogP contribution in [0.25, 0.3) is 0 Å². The van der Waals surface area contributed by atoms with E-state index in [2.05, 4.69) is 17.2 Å². The maximum Gasteiger partial charge on any atom is 0.208 e. The molecule has 2 saturated heterocycles. The molecule has 1 aromatic heterocycles. The van der Waals surface area contributed by atoms with Gasteiger partial charge in [0, 0.05) is 32.3 Å². The fraction of sp³-hybridized carbons (Fsp3) is 0.800. The largest absolute Gasteiger partial charge is 0.444 e. The fourth-order valence-corrected chi connectivity index (χ4v) is 3.12. The molecule has 2 aliphatic rings. The normalized spacial score (nSPS) is 25.9. The molecule has 0 amide bonds. The highest BCUT2D eigenvalue weighted by atomic mass is 16.5. The number of oxazole rings is 1. The number of nitrogens with one attached hydrogen (secondary N) is 1. The van der Waals surface area contributed by atoms with Crippen molar-refractivity contribution in [2.24, 2.45) is 0 Å². The van der Waals surface area contributed by atoms with Gasteiger partial charge in [-0.1, -0.05) is 6.92 Å². The molecule has 3 heterocycles. The van der Waals surface area contributed by atoms with E-state index in [0.29, 0.717) is 12.6 Å². The quantitative estimate of drug-likeness (QED) is 0.915. The summed E-state index contributed by atoms with van der Waals surface area (Å²) in [4.78, 5) is 4.30. The van der Waals surface area contributed by atoms with Crippen LogP contribution in [0.15, 0.2) is 10.6 Å². The molecule has 1 spiro atoms. The Morgan fingerprint density at radius 1 is 1.35 bits per heavy atom. The summed E-state index contributed by atoms with van der Waals surface area (Å²) in [5.41, 5.74) is 0.0410. The van der Waals surface area contributed by atoms with Crippen LogP contribution in [-0.2, 0) is 22.4 Å². The minimum atomic E-state index is 0.0410. The highest BCUT2D eigenvalue weighted by Gasteiger charge is 2.38. The van der Waals surface area contributed by atoms with Crippen LogP contribution in [0.5, 0.6) is 0 Å². The summed E-state index contributed by atoms with van der Waals surface area (Å²) in [5, 5.41) is 3.57. The molecule has 1 N–H and O–H groups in total. The van der Waals surface area contributed by atoms with E-state index in [1.165, 1.54) is 0 Å². The number of hydrogen-bond donors (Lipinski definition) is 1. The number of aromatic nitrogens is 1. The first-order chi connectivity index (χ1) is 9.80. The average molecular weight is 280 g/mol. The van der Waals surface area contributed by atoms with E-state index in [9.17, 15) is 0 Å². The third kappa shape index (κ3) is 3.22. The van der Waals surface area contributed by atoms with Crippen LogP contribution >= 0.6 is 0 Å². The third-order valence-electron chi connectivity index (χ3n) is 4.39. The molecule has 3 rings (SSSR count). The van der Waals surface area contributed by atoms with Crippen molar-refractivity contribution in [2.45, 2.75) is 57.2 Å². The van der Waals surface area contributed by atoms with Gasteiger partial charge in [0.1, 0.15) is 5.76 Å². The Morgan fingerprint density at radius 3 is 2.95 bits per heavy atom. The molecule has 0 radical (unpaired) electrons. The number of rotatable bonds is 4. The van der Waals surface area contributed by atoms with Crippen molar-refractivity contribution >= 4 is 0 Å². The Bertz CT molecular complexity index is 421. The second kappa shape index (κ2) is 6.24. The summed E-state index contributed by atoms with van der Waals surface area (Å²) in [5.74, 6) is 1.74. The lowest BCUT2D eigenvalue weighted by Crippen LogP contribution is -2.49. The van der Waals surface area contributed by atoms with Crippen LogP contribution in [-0.4, -0.2) is 36.4 Å². The van der Waals surface area contributed by atoms with Gasteiger partial charge in [-0.25, -0.2) is 4.98 Å². The lowest BCUT2D eigenvalue weighted by atomic mass is 9.84. The van der Waals surface area contributed by atoms with Crippen molar-refractivity contribution < 1.29 is 13.9 Å². The monoisotopic (exact) mass is 280 g/mol. The Hall–Kier alpha value is -0.910. The van der Waals surface area contributed by atoms with Crippen LogP contribution in [0, 0.1) is 0 Å². The first kappa shape index (κ1) is 14.0. The van der Waals surface area contributed by atoms with E-state index in [4.69, 9.17) is 13.9 Å². The maximum atomic E-state index is 6.05. The Labute approximate surface area is 120 Å². The predicted molar refractivity (Wildman–Crippen MR) is 74.5 cm³/mol. The third-order valence-corrected chi connectivity index (χ3v) is 4.39. The van der Waals surface area contributed by atoms with Crippen molar-refractivity contribution in [2.75, 3.05) is 19.8 Å². The topological polar surface area (TPSA) is 56.5 Å². The van der Waals surface area contributed by atoms with E-state index >= 15 is 0 Å². The molecule has 112 valence electrons. The predicted octanol–water partition coefficient (Wildman–Crippen LogP) is 2.05. The molecular weight excluding hydrogens is 256 g/mol. The van der Waals surface area contributed by atoms with Crippen molar-refractivity contribution in [1.82, 2.24) is 10.3 Å². The lowest BCUT2D eigenvalue weighted by molar-refractivity contribution is -0.140. The molecule has 2 fully saturated rings. The van der Waals surface area contributed by atoms with E-state index < -0.39 is 0 Å². The minimum absolute atomic E-state index is 0.0410. The molecule has 1 unspecified atom stereocenters. The summed E-state index contributed by atoms with van der Waals surface area (Å²) >= 11 is 0. The van der Waals surface area contributed by atoms with Gasteiger partial charge >= 0.3 is 0 Å². The molecule has 0 saturated carbocycles. The molecule has 2 aliphatic heterocycles. The van der Waals surface area contributed by atoms with Crippen LogP contribution in [0.1, 0.15) is 44.3 Å². The zero-order valence-corrected chi connectivity index (χ0v) is 12.2. The van der Waals surface area contributed by atoms with Gasteiger partial charge in [-0.15, -0.1) is 0 Å². The molecular formula is C15H24N2O3. The van der Waals surface area contributed by atoms with Crippen molar-refractivity contribution in [3.05, 3.63) is 17.8 Å². The molecule has 0 bridgehead atoms. The highest BCUT2D eigenvalue weighted by Crippen LogP contribution is 2.34. The second-order valence-electron chi connectivity index (χ2n) is 5.79. The zero-order valence-electron chi connectivity index (χ0n) is 12.2. The van der Waals surface area contributed by atoms with Gasteiger partial charge < -0.3 is 19.2 Å². The summed E-state index contributed by atoms with van der Waals surface area (Å²) < 4.78 is 17.1. The van der Waals surface area contributed by atoms with Crippen LogP contribution in [0.2, 0.25) is 0 Å². The van der Waals surface area contributed by atoms with Crippen LogP contribution in [0.3, 0.4) is 0 Å². The summed E-state index contributed by atoms with van der Waals surface area (Å²) in [7, 11) is 0. The van der Waals surface area contributed by atoms with Gasteiger partial charge in [0.15, 0.2) is 0 Å². The maximum absolute atomic E-state index is 6.05. The molecule has 1 atom stereocenters. The average Bonchev–Trinajstić information content (AvgIpc) is 2.94. The van der Waals surface area contributed by atoms with E-state index in [-0.39, 0.29) is 5.60 Å². The first-order valence-corrected chi connectivity index (χ1v) is 7.68. The Kier molecular flexibility index (Phi) is 4.38. The molecule has 0 aliphatic carbocycles. The van der Waals surface area contributed by atoms with Crippen molar-refractivity contribution in [1.29, 1.82) is 0 Å². The molecule has 1 aromatic rings. The zero-order chi connectivity index (χ0) is 13.8. The number of ether oxygens (including phenoxy) is 2. The van der Waals surface area contributed by atoms with Crippen molar-refractivity contribution in [3.63, 3.8) is 0 Å². The van der Waals surface area contributed by atoms with Gasteiger partial charge in [0.25, 0.3) is 0 Å². The number of hydrogen-bond acceptors (Lipinski definition) is 5. The smallest absolute Gasteiger partial charge is 0.208 e. The summed E-state index contributed by atoms with van der Waals surface area (Å²) in [6.45, 7) is 5.27. The Balaban J connectivity index is 1.52. The fourth-order valence-electron chi connectivity index (χ4n) is 3.12. The molecule has 0 aromatic carbocycles. The van der Waals surface area contributed by atoms with Crippen LogP contribution in [0.4, 0.5) is 0 Å². The van der Waals surface area contributed by atoms with E-state index in [1.807, 2.05) is 6.20 Å². The number of aryl methyl sites for hydroxylation is 1. The standard InChI is InChI=1S/C15H24N2O3/c1-2-13-10-17-14(20-13)11-16-12-3-6-19-15(9-12)4-7-18-8-5-15/h10,12,16H,2-9,11H2,1H3. The number of nitrogens with zero attached hydrogens (tertiary/aromatic N) is 1. The Morgan fingerprint density at radius 2 is 2.20 bits per heavy atom. The lowest BCUT2D eigenvalue weighted by Gasteiger charge is -2.43. The van der Waals surface area contributed by atoms with Gasteiger partial charge in [0.05, 0.1) is 18.3 Å². The van der Waals surface area contributed by atoms with Crippen molar-refractivity contribution in [3.8, 4) is 0 Å². The second-order valence-corrected chi connectivity index (χ2v) is 5.79. The molecule has 5 nitrogen and oxygen atoms in total. The summed E-state index contributed by atoms with van der Waals surface area (Å²) in [6, 6.07) is 0.485. The molecule has 20 heavy (non-hydrogen) atoms. The van der Waals surface area contributed by atoms with E-state index in [0.717, 1.165) is 63.6 Å². The van der Waals surface area contributed by atoms with E-state index in [1.54, 1.807) is 0 Å². The highest BCUT2D eigenvalue weighted by molar-refractivity contribution is 4.95. The van der Waals surface area contributed by atoms with Gasteiger partial charge in [0.2, 0.25) is 5.89 Å². The van der Waals surface area contributed by atoms with Gasteiger partial charge in [-0.3, -0.25) is 0 Å². The van der Waals surface area contributed by atoms with Gasteiger partial charge in [-0.2, -0.15) is 0 Å². The molecule has 5 heteroatoms. The summed E-state index contributed by atoms with van der Waals surface area (Å²) in [6.07, 6.45) is 6.88. The SMILES string of the molecule is CCc1cnc(CNC2CCOC3(CCOCC3)C2)o1. The van der Waals surface area contributed by atoms with Crippen LogP contribution < -0.4 is 5.32 Å².